The number of carboxylic acids is 1. The Labute approximate surface area is 208 Å². The number of fused-ring (bicyclic) bond motifs is 1. The molecule has 184 valence electrons. The summed E-state index contributed by atoms with van der Waals surface area (Å²) in [5.41, 5.74) is 3.48. The van der Waals surface area contributed by atoms with Crippen LogP contribution in [0.5, 0.6) is 5.75 Å². The van der Waals surface area contributed by atoms with Crippen LogP contribution in [0.2, 0.25) is 0 Å². The van der Waals surface area contributed by atoms with E-state index in [4.69, 9.17) is 4.74 Å². The number of carbonyl (C=O) groups is 1. The van der Waals surface area contributed by atoms with Gasteiger partial charge in [-0.3, -0.25) is 0 Å². The van der Waals surface area contributed by atoms with Gasteiger partial charge < -0.3 is 19.7 Å². The Balaban J connectivity index is 1.55. The Morgan fingerprint density at radius 1 is 1.22 bits per heavy atom. The molecule has 0 amide bonds. The van der Waals surface area contributed by atoms with Crippen LogP contribution in [0.3, 0.4) is 0 Å². The second-order valence-corrected chi connectivity index (χ2v) is 8.82. The Kier molecular flexibility index (Phi) is 7.15. The molecule has 0 unspecified atom stereocenters. The number of methoxy groups -OCH3 is 1. The standard InChI is InChI=1S/C27H26FN5O3/c1-16(2)8-18-9-17(4-5-21(18)27(34)35)23-13-26(32-15-31-23)30-6-7-33-20(14-29)12-22-24(33)10-19(28)11-25(22)36-3/h4-5,9-13,15-16H,6-8H2,1-3H3,(H,34,35)(H,30,31,32). The van der Waals surface area contributed by atoms with E-state index < -0.39 is 11.8 Å². The van der Waals surface area contributed by atoms with E-state index in [0.29, 0.717) is 64.8 Å². The number of rotatable bonds is 9. The number of aromatic nitrogens is 3. The number of hydrogen-bond donors (Lipinski definition) is 2. The predicted molar refractivity (Wildman–Crippen MR) is 135 cm³/mol. The Morgan fingerprint density at radius 3 is 2.72 bits per heavy atom. The molecular formula is C27H26FN5O3. The number of nitriles is 1. The first kappa shape index (κ1) is 24.7. The molecule has 2 aromatic carbocycles. The first-order chi connectivity index (χ1) is 17.3. The van der Waals surface area contributed by atoms with Crippen molar-refractivity contribution in [3.8, 4) is 23.1 Å². The van der Waals surface area contributed by atoms with Crippen molar-refractivity contribution in [3.63, 3.8) is 0 Å². The molecule has 9 heteroatoms. The summed E-state index contributed by atoms with van der Waals surface area (Å²) in [6.07, 6.45) is 2.08. The van der Waals surface area contributed by atoms with Crippen molar-refractivity contribution in [3.05, 3.63) is 71.4 Å². The smallest absolute Gasteiger partial charge is 0.335 e. The van der Waals surface area contributed by atoms with E-state index in [2.05, 4.69) is 21.4 Å². The molecule has 0 spiro atoms. The maximum absolute atomic E-state index is 14.1. The molecule has 2 aromatic heterocycles. The lowest BCUT2D eigenvalue weighted by Crippen LogP contribution is -2.12. The van der Waals surface area contributed by atoms with Gasteiger partial charge in [0.25, 0.3) is 0 Å². The van der Waals surface area contributed by atoms with Gasteiger partial charge in [-0.1, -0.05) is 19.9 Å². The number of aromatic carboxylic acids is 1. The van der Waals surface area contributed by atoms with E-state index in [0.717, 1.165) is 11.1 Å². The molecule has 4 aromatic rings. The molecule has 0 fully saturated rings. The Hall–Kier alpha value is -4.45. The molecular weight excluding hydrogens is 461 g/mol. The van der Waals surface area contributed by atoms with Crippen LogP contribution in [0.1, 0.15) is 35.5 Å². The summed E-state index contributed by atoms with van der Waals surface area (Å²) < 4.78 is 21.1. The highest BCUT2D eigenvalue weighted by molar-refractivity contribution is 5.90. The summed E-state index contributed by atoms with van der Waals surface area (Å²) >= 11 is 0. The van der Waals surface area contributed by atoms with Crippen LogP contribution in [-0.2, 0) is 13.0 Å². The van der Waals surface area contributed by atoms with Crippen LogP contribution in [0.15, 0.2) is 48.8 Å². The summed E-state index contributed by atoms with van der Waals surface area (Å²) in [6, 6.07) is 13.5. The third-order valence-corrected chi connectivity index (χ3v) is 5.85. The minimum absolute atomic E-state index is 0.292. The van der Waals surface area contributed by atoms with Crippen LogP contribution in [-0.4, -0.2) is 39.3 Å². The molecule has 0 aliphatic rings. The van der Waals surface area contributed by atoms with Gasteiger partial charge in [0.15, 0.2) is 0 Å². The zero-order valence-corrected chi connectivity index (χ0v) is 20.2. The van der Waals surface area contributed by atoms with Gasteiger partial charge in [0.1, 0.15) is 35.5 Å². The number of benzene rings is 2. The lowest BCUT2D eigenvalue weighted by Gasteiger charge is -2.12. The highest BCUT2D eigenvalue weighted by Gasteiger charge is 2.15. The van der Waals surface area contributed by atoms with Crippen LogP contribution in [0.25, 0.3) is 22.2 Å². The summed E-state index contributed by atoms with van der Waals surface area (Å²) in [7, 11) is 1.47. The van der Waals surface area contributed by atoms with E-state index >= 15 is 0 Å². The summed E-state index contributed by atoms with van der Waals surface area (Å²) in [5, 5.41) is 23.0. The molecule has 2 N–H and O–H groups in total. The van der Waals surface area contributed by atoms with Gasteiger partial charge in [-0.05, 0) is 42.2 Å². The van der Waals surface area contributed by atoms with Crippen molar-refractivity contribution in [1.29, 1.82) is 5.26 Å². The van der Waals surface area contributed by atoms with Gasteiger partial charge in [0.2, 0.25) is 0 Å². The number of halogens is 1. The number of hydrogen-bond acceptors (Lipinski definition) is 6. The fourth-order valence-corrected chi connectivity index (χ4v) is 4.27. The molecule has 0 bridgehead atoms. The maximum atomic E-state index is 14.1. The van der Waals surface area contributed by atoms with Gasteiger partial charge in [0, 0.05) is 36.2 Å². The Bertz CT molecular complexity index is 1470. The van der Waals surface area contributed by atoms with Crippen LogP contribution in [0, 0.1) is 23.1 Å². The predicted octanol–water partition coefficient (Wildman–Crippen LogP) is 5.13. The number of carboxylic acid groups (broad SMARTS) is 1. The van der Waals surface area contributed by atoms with E-state index in [1.54, 1.807) is 28.8 Å². The lowest BCUT2D eigenvalue weighted by molar-refractivity contribution is 0.0695. The van der Waals surface area contributed by atoms with Gasteiger partial charge in [-0.2, -0.15) is 5.26 Å². The number of nitrogens with one attached hydrogen (secondary N) is 1. The first-order valence-electron chi connectivity index (χ1n) is 11.5. The zero-order chi connectivity index (χ0) is 25.8. The van der Waals surface area contributed by atoms with Crippen LogP contribution in [0.4, 0.5) is 10.2 Å². The molecule has 0 atom stereocenters. The largest absolute Gasteiger partial charge is 0.496 e. The van der Waals surface area contributed by atoms with Gasteiger partial charge in [0.05, 0.1) is 23.9 Å². The molecule has 0 saturated carbocycles. The monoisotopic (exact) mass is 487 g/mol. The van der Waals surface area contributed by atoms with Gasteiger partial charge >= 0.3 is 5.97 Å². The molecule has 8 nitrogen and oxygen atoms in total. The fraction of sp³-hybridized carbons (Fsp3) is 0.259. The van der Waals surface area contributed by atoms with Crippen LogP contribution < -0.4 is 10.1 Å². The lowest BCUT2D eigenvalue weighted by atomic mass is 9.95. The van der Waals surface area contributed by atoms with Gasteiger partial charge in [-0.25, -0.2) is 19.2 Å². The van der Waals surface area contributed by atoms with E-state index in [9.17, 15) is 19.6 Å². The molecule has 4 rings (SSSR count). The third-order valence-electron chi connectivity index (χ3n) is 5.85. The minimum atomic E-state index is -0.950. The summed E-state index contributed by atoms with van der Waals surface area (Å²) in [5.74, 6) is -0.139. The molecule has 0 saturated heterocycles. The average Bonchev–Trinajstić information content (AvgIpc) is 3.20. The van der Waals surface area contributed by atoms with Crippen LogP contribution >= 0.6 is 0 Å². The van der Waals surface area contributed by atoms with Crippen molar-refractivity contribution in [2.45, 2.75) is 26.8 Å². The number of nitrogens with zero attached hydrogens (tertiary/aromatic N) is 4. The zero-order valence-electron chi connectivity index (χ0n) is 20.2. The second kappa shape index (κ2) is 10.4. The molecule has 0 aliphatic heterocycles. The highest BCUT2D eigenvalue weighted by atomic mass is 19.1. The summed E-state index contributed by atoms with van der Waals surface area (Å²) in [6.45, 7) is 4.90. The summed E-state index contributed by atoms with van der Waals surface area (Å²) in [4.78, 5) is 20.3. The molecule has 0 aliphatic carbocycles. The normalized spacial score (nSPS) is 11.0. The molecule has 36 heavy (non-hydrogen) atoms. The quantitative estimate of drug-likeness (QED) is 0.337. The van der Waals surface area contributed by atoms with Crippen molar-refractivity contribution < 1.29 is 19.0 Å². The Morgan fingerprint density at radius 2 is 2.03 bits per heavy atom. The fourth-order valence-electron chi connectivity index (χ4n) is 4.27. The van der Waals surface area contributed by atoms with E-state index in [-0.39, 0.29) is 0 Å². The van der Waals surface area contributed by atoms with Crippen molar-refractivity contribution in [2.75, 3.05) is 19.0 Å². The SMILES string of the molecule is COc1cc(F)cc2c1cc(C#N)n2CCNc1cc(-c2ccc(C(=O)O)c(CC(C)C)c2)ncn1. The van der Waals surface area contributed by atoms with E-state index in [1.165, 1.54) is 25.6 Å². The molecule has 0 radical (unpaired) electrons. The van der Waals surface area contributed by atoms with Crippen molar-refractivity contribution >= 4 is 22.7 Å². The van der Waals surface area contributed by atoms with Gasteiger partial charge in [-0.15, -0.1) is 0 Å². The minimum Gasteiger partial charge on any atom is -0.496 e. The van der Waals surface area contributed by atoms with Crippen molar-refractivity contribution in [1.82, 2.24) is 14.5 Å². The number of anilines is 1. The van der Waals surface area contributed by atoms with Crippen molar-refractivity contribution in [2.24, 2.45) is 5.92 Å². The third kappa shape index (κ3) is 5.13. The average molecular weight is 488 g/mol. The highest BCUT2D eigenvalue weighted by Crippen LogP contribution is 2.30. The molecule has 2 heterocycles. The maximum Gasteiger partial charge on any atom is 0.335 e. The van der Waals surface area contributed by atoms with E-state index in [1.807, 2.05) is 19.9 Å². The topological polar surface area (TPSA) is 113 Å². The number of ether oxygens (including phenoxy) is 1. The second-order valence-electron chi connectivity index (χ2n) is 8.82. The first-order valence-corrected chi connectivity index (χ1v) is 11.5.